The van der Waals surface area contributed by atoms with Crippen LogP contribution in [0.25, 0.3) is 0 Å². The van der Waals surface area contributed by atoms with Crippen LogP contribution in [0.2, 0.25) is 0 Å². The van der Waals surface area contributed by atoms with Gasteiger partial charge in [0.05, 0.1) is 0 Å². The second-order valence-electron chi connectivity index (χ2n) is 6.20. The van der Waals surface area contributed by atoms with Crippen molar-refractivity contribution in [3.05, 3.63) is 0 Å². The Morgan fingerprint density at radius 3 is 2.00 bits per heavy atom. The molecule has 2 rings (SSSR count). The molecule has 0 unspecified atom stereocenters. The minimum absolute atomic E-state index is 1.12. The van der Waals surface area contributed by atoms with Gasteiger partial charge in [0.25, 0.3) is 0 Å². The van der Waals surface area contributed by atoms with Gasteiger partial charge in [0.2, 0.25) is 0 Å². The Balaban J connectivity index is 0.000000180. The highest BCUT2D eigenvalue weighted by Crippen LogP contribution is 2.28. The molecule has 0 aromatic rings. The van der Waals surface area contributed by atoms with E-state index < -0.39 is 0 Å². The number of hydrogen-bond donors (Lipinski definition) is 0. The first kappa shape index (κ1) is 16.0. The summed E-state index contributed by atoms with van der Waals surface area (Å²) in [4.78, 5) is 2.57. The van der Waals surface area contributed by atoms with E-state index in [1.807, 2.05) is 0 Å². The average Bonchev–Trinajstić information content (AvgIpc) is 3.07. The Labute approximate surface area is 115 Å². The lowest BCUT2D eigenvalue weighted by Crippen LogP contribution is -2.19. The second-order valence-corrected chi connectivity index (χ2v) is 6.20. The van der Waals surface area contributed by atoms with E-state index in [4.69, 9.17) is 0 Å². The fraction of sp³-hybridized carbons (Fsp3) is 1.00. The molecule has 0 aromatic carbocycles. The van der Waals surface area contributed by atoms with Gasteiger partial charge in [0.1, 0.15) is 0 Å². The Morgan fingerprint density at radius 2 is 1.44 bits per heavy atom. The third kappa shape index (κ3) is 7.41. The highest BCUT2D eigenvalue weighted by Gasteiger charge is 2.13. The molecule has 0 N–H and O–H groups in total. The van der Waals surface area contributed by atoms with Crippen molar-refractivity contribution in [1.29, 1.82) is 0 Å². The normalized spacial score (nSPS) is 21.0. The monoisotopic (exact) mass is 253 g/mol. The molecule has 1 heterocycles. The Morgan fingerprint density at radius 1 is 0.833 bits per heavy atom. The summed E-state index contributed by atoms with van der Waals surface area (Å²) < 4.78 is 0. The maximum atomic E-state index is 2.57. The molecule has 0 aromatic heterocycles. The van der Waals surface area contributed by atoms with Gasteiger partial charge in [0, 0.05) is 0 Å². The van der Waals surface area contributed by atoms with Crippen LogP contribution in [0, 0.1) is 5.92 Å². The van der Waals surface area contributed by atoms with E-state index >= 15 is 0 Å². The van der Waals surface area contributed by atoms with Crippen molar-refractivity contribution in [3.63, 3.8) is 0 Å². The summed E-state index contributed by atoms with van der Waals surface area (Å²) in [5.74, 6) is 1.12. The van der Waals surface area contributed by atoms with Crippen LogP contribution in [-0.4, -0.2) is 24.5 Å². The standard InChI is InChI=1S/C9H18.C8H17N/c2*1-2-3-6-9-7-4-5-8-9/h9H,2-8H2,1H3;2-8H2,1H3. The quantitative estimate of drug-likeness (QED) is 0.625. The number of rotatable bonds is 6. The maximum absolute atomic E-state index is 2.57. The Hall–Kier alpha value is -0.0400. The predicted molar refractivity (Wildman–Crippen MR) is 82.1 cm³/mol. The van der Waals surface area contributed by atoms with Gasteiger partial charge in [-0.2, -0.15) is 0 Å². The van der Waals surface area contributed by atoms with Crippen molar-refractivity contribution in [2.75, 3.05) is 19.6 Å². The second kappa shape index (κ2) is 10.8. The Bertz CT molecular complexity index is 146. The molecule has 0 radical (unpaired) electrons. The van der Waals surface area contributed by atoms with Crippen molar-refractivity contribution in [1.82, 2.24) is 4.90 Å². The van der Waals surface area contributed by atoms with Crippen LogP contribution >= 0.6 is 0 Å². The lowest BCUT2D eigenvalue weighted by molar-refractivity contribution is 0.332. The molecule has 1 saturated carbocycles. The van der Waals surface area contributed by atoms with Crippen molar-refractivity contribution >= 4 is 0 Å². The summed E-state index contributed by atoms with van der Waals surface area (Å²) in [6, 6.07) is 0. The van der Waals surface area contributed by atoms with E-state index in [-0.39, 0.29) is 0 Å². The fourth-order valence-electron chi connectivity index (χ4n) is 3.18. The third-order valence-electron chi connectivity index (χ3n) is 4.47. The summed E-state index contributed by atoms with van der Waals surface area (Å²) in [6.07, 6.45) is 16.0. The van der Waals surface area contributed by atoms with Gasteiger partial charge in [-0.05, 0) is 44.8 Å². The van der Waals surface area contributed by atoms with Crippen LogP contribution in [0.3, 0.4) is 0 Å². The molecule has 1 nitrogen and oxygen atoms in total. The topological polar surface area (TPSA) is 3.24 Å². The van der Waals surface area contributed by atoms with Gasteiger partial charge in [-0.1, -0.05) is 65.2 Å². The van der Waals surface area contributed by atoms with Crippen molar-refractivity contribution in [2.45, 2.75) is 84.5 Å². The first-order chi connectivity index (χ1) is 8.86. The van der Waals surface area contributed by atoms with E-state index in [0.29, 0.717) is 0 Å². The minimum atomic E-state index is 1.12. The van der Waals surface area contributed by atoms with E-state index in [1.54, 1.807) is 0 Å². The van der Waals surface area contributed by atoms with Gasteiger partial charge >= 0.3 is 0 Å². The summed E-state index contributed by atoms with van der Waals surface area (Å²) in [5, 5.41) is 0. The van der Waals surface area contributed by atoms with E-state index in [9.17, 15) is 0 Å². The first-order valence-electron chi connectivity index (χ1n) is 8.59. The molecule has 2 fully saturated rings. The molecule has 0 atom stereocenters. The van der Waals surface area contributed by atoms with Crippen LogP contribution in [0.1, 0.15) is 84.5 Å². The number of likely N-dealkylation sites (tertiary alicyclic amines) is 1. The minimum Gasteiger partial charge on any atom is -0.303 e. The molecule has 0 spiro atoms. The zero-order chi connectivity index (χ0) is 13.1. The summed E-state index contributed by atoms with van der Waals surface area (Å²) in [6.45, 7) is 8.61. The van der Waals surface area contributed by atoms with E-state index in [2.05, 4.69) is 18.7 Å². The van der Waals surface area contributed by atoms with Crippen LogP contribution in [0.5, 0.6) is 0 Å². The summed E-state index contributed by atoms with van der Waals surface area (Å²) in [5.41, 5.74) is 0. The van der Waals surface area contributed by atoms with Gasteiger partial charge in [0.15, 0.2) is 0 Å². The first-order valence-corrected chi connectivity index (χ1v) is 8.59. The lowest BCUT2D eigenvalue weighted by atomic mass is 10.0. The third-order valence-corrected chi connectivity index (χ3v) is 4.47. The molecule has 0 bridgehead atoms. The molecule has 0 amide bonds. The van der Waals surface area contributed by atoms with Crippen LogP contribution in [0.4, 0.5) is 0 Å². The SMILES string of the molecule is CCCCC1CCCC1.CCCCN1CCCC1. The van der Waals surface area contributed by atoms with Crippen molar-refractivity contribution in [2.24, 2.45) is 5.92 Å². The highest BCUT2D eigenvalue weighted by atomic mass is 15.1. The van der Waals surface area contributed by atoms with Gasteiger partial charge in [-0.15, -0.1) is 0 Å². The van der Waals surface area contributed by atoms with Crippen LogP contribution in [-0.2, 0) is 0 Å². The molecule has 108 valence electrons. The van der Waals surface area contributed by atoms with Crippen molar-refractivity contribution < 1.29 is 0 Å². The molecule has 1 aliphatic heterocycles. The number of nitrogens with zero attached hydrogens (tertiary/aromatic N) is 1. The molecule has 1 heteroatoms. The zero-order valence-corrected chi connectivity index (χ0v) is 12.9. The smallest absolute Gasteiger partial charge is 0.00183 e. The molecule has 2 aliphatic rings. The van der Waals surface area contributed by atoms with Gasteiger partial charge in [-0.3, -0.25) is 0 Å². The molecule has 1 aliphatic carbocycles. The molecule has 1 saturated heterocycles. The summed E-state index contributed by atoms with van der Waals surface area (Å²) in [7, 11) is 0. The summed E-state index contributed by atoms with van der Waals surface area (Å²) >= 11 is 0. The highest BCUT2D eigenvalue weighted by molar-refractivity contribution is 4.66. The number of hydrogen-bond acceptors (Lipinski definition) is 1. The van der Waals surface area contributed by atoms with Crippen LogP contribution in [0.15, 0.2) is 0 Å². The predicted octanol–water partition coefficient (Wildman–Crippen LogP) is 5.25. The molecular weight excluding hydrogens is 218 g/mol. The number of unbranched alkanes of at least 4 members (excludes halogenated alkanes) is 2. The maximum Gasteiger partial charge on any atom is -0.00183 e. The fourth-order valence-corrected chi connectivity index (χ4v) is 3.18. The van der Waals surface area contributed by atoms with Gasteiger partial charge < -0.3 is 4.90 Å². The lowest BCUT2D eigenvalue weighted by Gasteiger charge is -2.12. The van der Waals surface area contributed by atoms with Crippen LogP contribution < -0.4 is 0 Å². The van der Waals surface area contributed by atoms with Gasteiger partial charge in [-0.25, -0.2) is 0 Å². The largest absolute Gasteiger partial charge is 0.303 e. The average molecular weight is 253 g/mol. The van der Waals surface area contributed by atoms with E-state index in [1.165, 1.54) is 90.3 Å². The molecular formula is C17H35N. The van der Waals surface area contributed by atoms with Crippen molar-refractivity contribution in [3.8, 4) is 0 Å². The Kier molecular flexibility index (Phi) is 9.65. The molecule has 18 heavy (non-hydrogen) atoms. The van der Waals surface area contributed by atoms with E-state index in [0.717, 1.165) is 5.92 Å². The zero-order valence-electron chi connectivity index (χ0n) is 12.9.